The Morgan fingerprint density at radius 3 is 2.06 bits per heavy atom. The molecule has 1 amide bonds. The second-order valence-corrected chi connectivity index (χ2v) is 21.3. The van der Waals surface area contributed by atoms with Crippen LogP contribution in [-0.2, 0) is 22.6 Å². The van der Waals surface area contributed by atoms with Crippen molar-refractivity contribution in [3.05, 3.63) is 105 Å². The van der Waals surface area contributed by atoms with Crippen LogP contribution in [0.25, 0.3) is 0 Å². The highest BCUT2D eigenvalue weighted by molar-refractivity contribution is 6.90. The molecule has 0 aromatic heterocycles. The van der Waals surface area contributed by atoms with Crippen molar-refractivity contribution in [1.82, 2.24) is 4.90 Å². The summed E-state index contributed by atoms with van der Waals surface area (Å²) in [5.41, 5.74) is 4.68. The Bertz CT molecular complexity index is 1690. The van der Waals surface area contributed by atoms with E-state index in [1.807, 2.05) is 24.3 Å². The maximum Gasteiger partial charge on any atom is 0.257 e. The summed E-state index contributed by atoms with van der Waals surface area (Å²) >= 11 is 6.30. The summed E-state index contributed by atoms with van der Waals surface area (Å²) in [5, 5.41) is 21.5. The first-order valence-electron chi connectivity index (χ1n) is 17.0. The zero-order valence-corrected chi connectivity index (χ0v) is 31.2. The van der Waals surface area contributed by atoms with Crippen molar-refractivity contribution in [3.63, 3.8) is 0 Å². The number of amides is 1. The first kappa shape index (κ1) is 36.3. The van der Waals surface area contributed by atoms with Gasteiger partial charge in [0, 0.05) is 28.1 Å². The minimum absolute atomic E-state index is 0.0678. The van der Waals surface area contributed by atoms with Crippen LogP contribution in [0.1, 0.15) is 106 Å². The number of fused-ring (bicyclic) bond motifs is 1. The number of aliphatic hydroxyl groups excluding tert-OH is 1. The fourth-order valence-electron chi connectivity index (χ4n) is 7.56. The molecule has 5 rings (SSSR count). The predicted octanol–water partition coefficient (Wildman–Crippen LogP) is 8.92. The van der Waals surface area contributed by atoms with Gasteiger partial charge >= 0.3 is 0 Å². The lowest BCUT2D eigenvalue weighted by Crippen LogP contribution is -2.48. The number of nitrogens with zero attached hydrogens (tertiary/aromatic N) is 1. The number of aliphatic hydroxyl groups is 2. The number of carbonyl (C=O) groups excluding carboxylic acids is 1. The maximum atomic E-state index is 16.5. The standard InChI is InChI=1S/C40H49ClFNO4Si/c1-26(2)48(27(3)4,28(5)6)20-17-29-9-11-30(12-10-29)23-43-37(45)34-21-32(38(7,8)46)22-35(42)36(34)40(43,31-13-15-33(41)16-14-31)47-25-39(24-44)18-19-39/h9-16,21-22,26-28,44,46H,18-19,23-25H2,1-8H3. The molecule has 1 heterocycles. The lowest BCUT2D eigenvalue weighted by atomic mass is 9.88. The normalized spacial score (nSPS) is 18.8. The molecule has 3 aromatic rings. The van der Waals surface area contributed by atoms with Crippen LogP contribution in [0, 0.1) is 22.7 Å². The summed E-state index contributed by atoms with van der Waals surface area (Å²) in [6.45, 7) is 17.1. The SMILES string of the molecule is CC(C)[Si](C#Cc1ccc(CN2C(=O)c3cc(C(C)(C)O)cc(F)c3C2(OCC2(CO)CC2)c2ccc(Cl)cc2)cc1)(C(C)C)C(C)C. The van der Waals surface area contributed by atoms with Gasteiger partial charge in [-0.3, -0.25) is 9.69 Å². The van der Waals surface area contributed by atoms with Crippen LogP contribution in [-0.4, -0.2) is 42.3 Å². The van der Waals surface area contributed by atoms with E-state index in [9.17, 15) is 15.0 Å². The zero-order valence-electron chi connectivity index (χ0n) is 29.5. The highest BCUT2D eigenvalue weighted by Gasteiger charge is 2.56. The smallest absolute Gasteiger partial charge is 0.257 e. The van der Waals surface area contributed by atoms with E-state index in [4.69, 9.17) is 16.3 Å². The second-order valence-electron chi connectivity index (χ2n) is 15.3. The summed E-state index contributed by atoms with van der Waals surface area (Å²) in [4.78, 5) is 16.0. The molecule has 3 aromatic carbocycles. The number of ether oxygens (including phenoxy) is 1. The summed E-state index contributed by atoms with van der Waals surface area (Å²) in [6.07, 6.45) is 1.55. The zero-order chi connectivity index (χ0) is 35.2. The topological polar surface area (TPSA) is 70.0 Å². The molecule has 2 N–H and O–H groups in total. The molecule has 1 atom stereocenters. The molecule has 0 saturated heterocycles. The van der Waals surface area contributed by atoms with E-state index in [2.05, 4.69) is 53.0 Å². The van der Waals surface area contributed by atoms with Gasteiger partial charge in [-0.15, -0.1) is 5.54 Å². The van der Waals surface area contributed by atoms with E-state index < -0.39 is 36.5 Å². The second kappa shape index (κ2) is 13.4. The number of benzene rings is 3. The number of halogens is 2. The van der Waals surface area contributed by atoms with Gasteiger partial charge in [0.2, 0.25) is 0 Å². The average Bonchev–Trinajstić information content (AvgIpc) is 3.77. The number of rotatable bonds is 11. The number of hydrogen-bond donors (Lipinski definition) is 2. The Hall–Kier alpha value is -2.99. The minimum atomic E-state index is -1.92. The molecule has 0 bridgehead atoms. The maximum absolute atomic E-state index is 16.5. The fraction of sp³-hybridized carbons (Fsp3) is 0.475. The van der Waals surface area contributed by atoms with E-state index in [-0.39, 0.29) is 30.9 Å². The van der Waals surface area contributed by atoms with Crippen molar-refractivity contribution in [2.75, 3.05) is 13.2 Å². The van der Waals surface area contributed by atoms with E-state index >= 15 is 4.39 Å². The Morgan fingerprint density at radius 2 is 1.56 bits per heavy atom. The van der Waals surface area contributed by atoms with Crippen molar-refractivity contribution in [2.24, 2.45) is 5.41 Å². The molecule has 0 radical (unpaired) electrons. The minimum Gasteiger partial charge on any atom is -0.396 e. The Balaban J connectivity index is 1.61. The van der Waals surface area contributed by atoms with Crippen LogP contribution < -0.4 is 0 Å². The molecule has 1 aliphatic heterocycles. The molecule has 48 heavy (non-hydrogen) atoms. The van der Waals surface area contributed by atoms with Gasteiger partial charge in [-0.2, -0.15) is 0 Å². The predicted molar refractivity (Wildman–Crippen MR) is 193 cm³/mol. The average molecular weight is 690 g/mol. The summed E-state index contributed by atoms with van der Waals surface area (Å²) in [6, 6.07) is 17.7. The van der Waals surface area contributed by atoms with Crippen molar-refractivity contribution in [3.8, 4) is 11.5 Å². The molecule has 1 aliphatic carbocycles. The molecule has 8 heteroatoms. The van der Waals surface area contributed by atoms with E-state index in [0.717, 1.165) is 24.0 Å². The van der Waals surface area contributed by atoms with Gasteiger partial charge in [0.1, 0.15) is 13.9 Å². The first-order valence-corrected chi connectivity index (χ1v) is 19.6. The molecular formula is C40H49ClFNO4Si. The molecule has 1 saturated carbocycles. The van der Waals surface area contributed by atoms with Crippen molar-refractivity contribution in [2.45, 2.75) is 103 Å². The van der Waals surface area contributed by atoms with Crippen LogP contribution in [0.3, 0.4) is 0 Å². The summed E-state index contributed by atoms with van der Waals surface area (Å²) in [5.74, 6) is 2.43. The first-order chi connectivity index (χ1) is 22.5. The Morgan fingerprint density at radius 1 is 0.979 bits per heavy atom. The number of hydrogen-bond acceptors (Lipinski definition) is 4. The Kier molecular flexibility index (Phi) is 10.1. The summed E-state index contributed by atoms with van der Waals surface area (Å²) < 4.78 is 23.3. The van der Waals surface area contributed by atoms with E-state index in [1.165, 1.54) is 6.07 Å². The van der Waals surface area contributed by atoms with E-state index in [1.54, 1.807) is 49.1 Å². The Labute approximate surface area is 291 Å². The lowest BCUT2D eigenvalue weighted by molar-refractivity contribution is -0.130. The molecule has 256 valence electrons. The largest absolute Gasteiger partial charge is 0.396 e. The van der Waals surface area contributed by atoms with Crippen LogP contribution in [0.15, 0.2) is 60.7 Å². The van der Waals surface area contributed by atoms with Gasteiger partial charge in [0.15, 0.2) is 5.72 Å². The lowest BCUT2D eigenvalue weighted by Gasteiger charge is -2.40. The van der Waals surface area contributed by atoms with Crippen molar-refractivity contribution < 1.29 is 24.1 Å². The van der Waals surface area contributed by atoms with Gasteiger partial charge in [-0.1, -0.05) is 83.3 Å². The molecule has 1 unspecified atom stereocenters. The van der Waals surface area contributed by atoms with Gasteiger partial charge in [0.05, 0.1) is 29.9 Å². The molecule has 1 fully saturated rings. The molecular weight excluding hydrogens is 641 g/mol. The van der Waals surface area contributed by atoms with Crippen molar-refractivity contribution >= 4 is 25.6 Å². The third-order valence-electron chi connectivity index (χ3n) is 10.7. The van der Waals surface area contributed by atoms with Gasteiger partial charge in [-0.05, 0) is 90.8 Å². The number of carbonyl (C=O) groups is 1. The van der Waals surface area contributed by atoms with Gasteiger partial charge < -0.3 is 14.9 Å². The van der Waals surface area contributed by atoms with Crippen molar-refractivity contribution in [1.29, 1.82) is 0 Å². The van der Waals surface area contributed by atoms with E-state index in [0.29, 0.717) is 32.8 Å². The highest BCUT2D eigenvalue weighted by Crippen LogP contribution is 2.52. The molecule has 5 nitrogen and oxygen atoms in total. The van der Waals surface area contributed by atoms with Gasteiger partial charge in [0.25, 0.3) is 5.91 Å². The third kappa shape index (κ3) is 6.51. The third-order valence-corrected chi connectivity index (χ3v) is 17.2. The van der Waals surface area contributed by atoms with Gasteiger partial charge in [-0.25, -0.2) is 4.39 Å². The van der Waals surface area contributed by atoms with Crippen LogP contribution in [0.2, 0.25) is 21.6 Å². The quantitative estimate of drug-likeness (QED) is 0.156. The van der Waals surface area contributed by atoms with Crippen LogP contribution in [0.4, 0.5) is 4.39 Å². The summed E-state index contributed by atoms with van der Waals surface area (Å²) in [7, 11) is -1.92. The highest BCUT2D eigenvalue weighted by atomic mass is 35.5. The van der Waals surface area contributed by atoms with Crippen LogP contribution >= 0.6 is 11.6 Å². The monoisotopic (exact) mass is 689 g/mol. The molecule has 0 spiro atoms. The molecule has 2 aliphatic rings. The van der Waals surface area contributed by atoms with Crippen LogP contribution in [0.5, 0.6) is 0 Å². The fourth-order valence-corrected chi connectivity index (χ4v) is 12.9.